The summed E-state index contributed by atoms with van der Waals surface area (Å²) < 4.78 is 11.0. The maximum Gasteiger partial charge on any atom is 0.254 e. The average Bonchev–Trinajstić information content (AvgIpc) is 2.64. The Morgan fingerprint density at radius 2 is 1.70 bits per heavy atom. The Morgan fingerprint density at radius 3 is 2.37 bits per heavy atom. The fourth-order valence-electron chi connectivity index (χ4n) is 2.44. The molecule has 144 valence electrons. The predicted octanol–water partition coefficient (Wildman–Crippen LogP) is 3.85. The highest BCUT2D eigenvalue weighted by molar-refractivity contribution is 6.33. The van der Waals surface area contributed by atoms with Gasteiger partial charge in [0.15, 0.2) is 11.5 Å². The molecule has 2 aromatic carbocycles. The van der Waals surface area contributed by atoms with Crippen molar-refractivity contribution in [3.05, 3.63) is 53.1 Å². The SMILES string of the molecule is CCOc1ccc(C(=O)N(C)CC(=O)Nc2ccccc2Cl)cc1OCC. The maximum absolute atomic E-state index is 12.6. The number of benzene rings is 2. The molecule has 0 spiro atoms. The maximum atomic E-state index is 12.6. The Labute approximate surface area is 164 Å². The van der Waals surface area contributed by atoms with E-state index >= 15 is 0 Å². The van der Waals surface area contributed by atoms with Crippen molar-refractivity contribution < 1.29 is 19.1 Å². The second-order valence-corrected chi connectivity index (χ2v) is 6.12. The van der Waals surface area contributed by atoms with Gasteiger partial charge in [0.05, 0.1) is 30.5 Å². The van der Waals surface area contributed by atoms with Gasteiger partial charge in [-0.1, -0.05) is 23.7 Å². The van der Waals surface area contributed by atoms with E-state index in [4.69, 9.17) is 21.1 Å². The number of carbonyl (C=O) groups excluding carboxylic acids is 2. The first-order valence-corrected chi connectivity index (χ1v) is 9.03. The van der Waals surface area contributed by atoms with Crippen molar-refractivity contribution in [1.82, 2.24) is 4.90 Å². The summed E-state index contributed by atoms with van der Waals surface area (Å²) in [5.74, 6) is 0.442. The first-order valence-electron chi connectivity index (χ1n) is 8.65. The van der Waals surface area contributed by atoms with Crippen LogP contribution < -0.4 is 14.8 Å². The lowest BCUT2D eigenvalue weighted by Gasteiger charge is -2.18. The molecule has 1 N–H and O–H groups in total. The van der Waals surface area contributed by atoms with Crippen LogP contribution in [0.1, 0.15) is 24.2 Å². The summed E-state index contributed by atoms with van der Waals surface area (Å²) in [6.07, 6.45) is 0. The zero-order chi connectivity index (χ0) is 19.8. The zero-order valence-electron chi connectivity index (χ0n) is 15.6. The first-order chi connectivity index (χ1) is 13.0. The van der Waals surface area contributed by atoms with Crippen molar-refractivity contribution in [1.29, 1.82) is 0 Å². The summed E-state index contributed by atoms with van der Waals surface area (Å²) in [4.78, 5) is 26.2. The Morgan fingerprint density at radius 1 is 1.04 bits per heavy atom. The van der Waals surface area contributed by atoms with E-state index in [1.54, 1.807) is 49.5 Å². The number of likely N-dealkylation sites (N-methyl/N-ethyl adjacent to an activating group) is 1. The lowest BCUT2D eigenvalue weighted by Crippen LogP contribution is -2.35. The molecule has 0 saturated carbocycles. The molecule has 0 fully saturated rings. The lowest BCUT2D eigenvalue weighted by atomic mass is 10.1. The second-order valence-electron chi connectivity index (χ2n) is 5.72. The van der Waals surface area contributed by atoms with Gasteiger partial charge in [0.2, 0.25) is 5.91 Å². The molecule has 7 heteroatoms. The van der Waals surface area contributed by atoms with Crippen LogP contribution in [0.5, 0.6) is 11.5 Å². The largest absolute Gasteiger partial charge is 0.490 e. The van der Waals surface area contributed by atoms with Gasteiger partial charge in [-0.05, 0) is 44.2 Å². The zero-order valence-corrected chi connectivity index (χ0v) is 16.4. The van der Waals surface area contributed by atoms with Gasteiger partial charge in [-0.15, -0.1) is 0 Å². The lowest BCUT2D eigenvalue weighted by molar-refractivity contribution is -0.116. The monoisotopic (exact) mass is 390 g/mol. The van der Waals surface area contributed by atoms with E-state index in [1.165, 1.54) is 4.90 Å². The van der Waals surface area contributed by atoms with E-state index in [1.807, 2.05) is 13.8 Å². The molecule has 2 rings (SSSR count). The molecular formula is C20H23ClN2O4. The highest BCUT2D eigenvalue weighted by Crippen LogP contribution is 2.29. The summed E-state index contributed by atoms with van der Waals surface area (Å²) in [5, 5.41) is 3.13. The van der Waals surface area contributed by atoms with Crippen LogP contribution in [-0.2, 0) is 4.79 Å². The minimum Gasteiger partial charge on any atom is -0.490 e. The van der Waals surface area contributed by atoms with Crippen molar-refractivity contribution >= 4 is 29.1 Å². The van der Waals surface area contributed by atoms with Crippen LogP contribution >= 0.6 is 11.6 Å². The van der Waals surface area contributed by atoms with Crippen molar-refractivity contribution in [2.24, 2.45) is 0 Å². The molecule has 0 unspecified atom stereocenters. The van der Waals surface area contributed by atoms with Crippen molar-refractivity contribution in [3.8, 4) is 11.5 Å². The van der Waals surface area contributed by atoms with Crippen molar-refractivity contribution in [3.63, 3.8) is 0 Å². The van der Waals surface area contributed by atoms with E-state index in [9.17, 15) is 9.59 Å². The number of halogens is 1. The smallest absolute Gasteiger partial charge is 0.254 e. The number of carbonyl (C=O) groups is 2. The molecule has 2 aromatic rings. The van der Waals surface area contributed by atoms with Crippen LogP contribution in [0.25, 0.3) is 0 Å². The van der Waals surface area contributed by atoms with Crippen LogP contribution in [0.15, 0.2) is 42.5 Å². The van der Waals surface area contributed by atoms with Crippen molar-refractivity contribution in [2.75, 3.05) is 32.1 Å². The number of nitrogens with one attached hydrogen (secondary N) is 1. The normalized spacial score (nSPS) is 10.2. The molecule has 0 radical (unpaired) electrons. The summed E-state index contributed by atoms with van der Waals surface area (Å²) in [6.45, 7) is 4.57. The minimum absolute atomic E-state index is 0.110. The van der Waals surface area contributed by atoms with Gasteiger partial charge < -0.3 is 19.7 Å². The molecular weight excluding hydrogens is 368 g/mol. The Kier molecular flexibility index (Phi) is 7.49. The molecule has 2 amide bonds. The van der Waals surface area contributed by atoms with Gasteiger partial charge in [-0.2, -0.15) is 0 Å². The van der Waals surface area contributed by atoms with Crippen LogP contribution in [0.2, 0.25) is 5.02 Å². The van der Waals surface area contributed by atoms with E-state index in [2.05, 4.69) is 5.32 Å². The highest BCUT2D eigenvalue weighted by Gasteiger charge is 2.18. The number of anilines is 1. The molecule has 0 aliphatic carbocycles. The van der Waals surface area contributed by atoms with E-state index in [0.717, 1.165) is 0 Å². The van der Waals surface area contributed by atoms with Crippen molar-refractivity contribution in [2.45, 2.75) is 13.8 Å². The third kappa shape index (κ3) is 5.62. The minimum atomic E-state index is -0.338. The Bertz CT molecular complexity index is 810. The quantitative estimate of drug-likeness (QED) is 0.743. The third-order valence-electron chi connectivity index (χ3n) is 3.67. The molecule has 27 heavy (non-hydrogen) atoms. The summed E-state index contributed by atoms with van der Waals surface area (Å²) >= 11 is 6.03. The molecule has 0 atom stereocenters. The van der Waals surface area contributed by atoms with E-state index in [-0.39, 0.29) is 18.4 Å². The highest BCUT2D eigenvalue weighted by atomic mass is 35.5. The fraction of sp³-hybridized carbons (Fsp3) is 0.300. The number of ether oxygens (including phenoxy) is 2. The number of amides is 2. The molecule has 0 saturated heterocycles. The average molecular weight is 391 g/mol. The third-order valence-corrected chi connectivity index (χ3v) is 4.00. The fourth-order valence-corrected chi connectivity index (χ4v) is 2.63. The van der Waals surface area contributed by atoms with Gasteiger partial charge in [0.25, 0.3) is 5.91 Å². The van der Waals surface area contributed by atoms with Crippen LogP contribution in [0.3, 0.4) is 0 Å². The van der Waals surface area contributed by atoms with Gasteiger partial charge in [0, 0.05) is 12.6 Å². The Hall–Kier alpha value is -2.73. The number of hydrogen-bond donors (Lipinski definition) is 1. The number of para-hydroxylation sites is 1. The van der Waals surface area contributed by atoms with E-state index in [0.29, 0.717) is 41.0 Å². The Balaban J connectivity index is 2.06. The molecule has 0 aromatic heterocycles. The molecule has 6 nitrogen and oxygen atoms in total. The second kappa shape index (κ2) is 9.83. The molecule has 0 aliphatic rings. The number of rotatable bonds is 8. The number of hydrogen-bond acceptors (Lipinski definition) is 4. The van der Waals surface area contributed by atoms with Crippen LogP contribution in [0, 0.1) is 0 Å². The predicted molar refractivity (Wildman–Crippen MR) is 106 cm³/mol. The molecule has 0 bridgehead atoms. The number of nitrogens with zero attached hydrogens (tertiary/aromatic N) is 1. The van der Waals surface area contributed by atoms with Gasteiger partial charge in [0.1, 0.15) is 0 Å². The van der Waals surface area contributed by atoms with E-state index < -0.39 is 0 Å². The standard InChI is InChI=1S/C20H23ClN2O4/c1-4-26-17-11-10-14(12-18(17)27-5-2)20(25)23(3)13-19(24)22-16-9-7-6-8-15(16)21/h6-12H,4-5,13H2,1-3H3,(H,22,24). The summed E-state index contributed by atoms with van der Waals surface area (Å²) in [6, 6.07) is 11.9. The topological polar surface area (TPSA) is 67.9 Å². The summed E-state index contributed by atoms with van der Waals surface area (Å²) in [7, 11) is 1.56. The molecule has 0 aliphatic heterocycles. The summed E-state index contributed by atoms with van der Waals surface area (Å²) in [5.41, 5.74) is 0.916. The first kappa shape index (κ1) is 20.6. The van der Waals surface area contributed by atoms with Gasteiger partial charge >= 0.3 is 0 Å². The van der Waals surface area contributed by atoms with Gasteiger partial charge in [-0.3, -0.25) is 9.59 Å². The van der Waals surface area contributed by atoms with Crippen LogP contribution in [-0.4, -0.2) is 43.5 Å². The van der Waals surface area contributed by atoms with Gasteiger partial charge in [-0.25, -0.2) is 0 Å². The van der Waals surface area contributed by atoms with Crippen LogP contribution in [0.4, 0.5) is 5.69 Å². The molecule has 0 heterocycles.